The summed E-state index contributed by atoms with van der Waals surface area (Å²) >= 11 is 0. The molecule has 7 nitrogen and oxygen atoms in total. The van der Waals surface area contributed by atoms with Gasteiger partial charge in [0, 0.05) is 26.2 Å². The van der Waals surface area contributed by atoms with Crippen LogP contribution in [0.5, 0.6) is 11.5 Å². The van der Waals surface area contributed by atoms with E-state index in [1.54, 1.807) is 12.1 Å². The molecule has 2 rings (SSSR count). The summed E-state index contributed by atoms with van der Waals surface area (Å²) in [6.07, 6.45) is 1.46. The molecule has 128 valence electrons. The van der Waals surface area contributed by atoms with Gasteiger partial charge < -0.3 is 19.9 Å². The van der Waals surface area contributed by atoms with Crippen LogP contribution in [0.15, 0.2) is 23.8 Å². The van der Waals surface area contributed by atoms with Gasteiger partial charge in [0.1, 0.15) is 11.6 Å². The van der Waals surface area contributed by atoms with Crippen molar-refractivity contribution >= 4 is 12.0 Å². The standard InChI is InChI=1S/C17H21N3O4/c1-23-16-11-13(2-3-15(16)21)10-14(12-18)17(22)19-4-5-20-6-8-24-9-7-20/h2-3,10-11,21H,4-9H2,1H3,(H,19,22)/b14-10+. The Kier molecular flexibility index (Phi) is 6.61. The molecule has 2 N–H and O–H groups in total. The topological polar surface area (TPSA) is 94.8 Å². The second-order valence-corrected chi connectivity index (χ2v) is 5.31. The minimum atomic E-state index is -0.419. The fraction of sp³-hybridized carbons (Fsp3) is 0.412. The Balaban J connectivity index is 1.94. The van der Waals surface area contributed by atoms with Gasteiger partial charge in [0.2, 0.25) is 0 Å². The van der Waals surface area contributed by atoms with Gasteiger partial charge in [-0.15, -0.1) is 0 Å². The summed E-state index contributed by atoms with van der Waals surface area (Å²) in [5, 5.41) is 21.5. The number of methoxy groups -OCH3 is 1. The lowest BCUT2D eigenvalue weighted by molar-refractivity contribution is -0.117. The van der Waals surface area contributed by atoms with Crippen molar-refractivity contribution < 1.29 is 19.4 Å². The van der Waals surface area contributed by atoms with Crippen LogP contribution in [0.3, 0.4) is 0 Å². The van der Waals surface area contributed by atoms with Crippen LogP contribution in [0, 0.1) is 11.3 Å². The number of rotatable bonds is 6. The van der Waals surface area contributed by atoms with E-state index in [0.29, 0.717) is 25.3 Å². The van der Waals surface area contributed by atoms with E-state index in [0.717, 1.165) is 19.6 Å². The molecule has 1 aliphatic heterocycles. The summed E-state index contributed by atoms with van der Waals surface area (Å²) in [6, 6.07) is 6.53. The van der Waals surface area contributed by atoms with E-state index < -0.39 is 5.91 Å². The Labute approximate surface area is 141 Å². The molecule has 1 aromatic carbocycles. The van der Waals surface area contributed by atoms with E-state index in [1.165, 1.54) is 19.3 Å². The van der Waals surface area contributed by atoms with Gasteiger partial charge in [0.15, 0.2) is 11.5 Å². The van der Waals surface area contributed by atoms with Crippen LogP contribution in [-0.2, 0) is 9.53 Å². The molecule has 0 atom stereocenters. The number of morpholine rings is 1. The zero-order valence-corrected chi connectivity index (χ0v) is 13.6. The lowest BCUT2D eigenvalue weighted by atomic mass is 10.1. The number of benzene rings is 1. The molecule has 0 unspecified atom stereocenters. The lowest BCUT2D eigenvalue weighted by Crippen LogP contribution is -2.41. The summed E-state index contributed by atoms with van der Waals surface area (Å²) < 4.78 is 10.3. The quantitative estimate of drug-likeness (QED) is 0.590. The number of aromatic hydroxyl groups is 1. The number of ether oxygens (including phenoxy) is 2. The second kappa shape index (κ2) is 8.91. The minimum Gasteiger partial charge on any atom is -0.504 e. The number of nitriles is 1. The highest BCUT2D eigenvalue weighted by molar-refractivity contribution is 6.01. The average molecular weight is 331 g/mol. The number of carbonyl (C=O) groups excluding carboxylic acids is 1. The molecule has 24 heavy (non-hydrogen) atoms. The number of hydrogen-bond acceptors (Lipinski definition) is 6. The lowest BCUT2D eigenvalue weighted by Gasteiger charge is -2.26. The fourth-order valence-electron chi connectivity index (χ4n) is 2.35. The van der Waals surface area contributed by atoms with Crippen molar-refractivity contribution in [1.29, 1.82) is 5.26 Å². The van der Waals surface area contributed by atoms with Gasteiger partial charge in [-0.25, -0.2) is 0 Å². The van der Waals surface area contributed by atoms with Crippen LogP contribution in [-0.4, -0.2) is 62.4 Å². The molecule has 0 bridgehead atoms. The van der Waals surface area contributed by atoms with Crippen LogP contribution in [0.4, 0.5) is 0 Å². The maximum absolute atomic E-state index is 12.1. The summed E-state index contributed by atoms with van der Waals surface area (Å²) in [5.41, 5.74) is 0.606. The summed E-state index contributed by atoms with van der Waals surface area (Å²) in [7, 11) is 1.44. The molecule has 7 heteroatoms. The fourth-order valence-corrected chi connectivity index (χ4v) is 2.35. The molecule has 1 saturated heterocycles. The van der Waals surface area contributed by atoms with Gasteiger partial charge in [-0.1, -0.05) is 6.07 Å². The number of nitrogens with zero attached hydrogens (tertiary/aromatic N) is 2. The Hall–Kier alpha value is -2.56. The molecule has 0 saturated carbocycles. The summed E-state index contributed by atoms with van der Waals surface area (Å²) in [5.74, 6) is -0.130. The van der Waals surface area contributed by atoms with Gasteiger partial charge in [-0.05, 0) is 23.8 Å². The number of phenols is 1. The molecular formula is C17H21N3O4. The van der Waals surface area contributed by atoms with Gasteiger partial charge in [0.05, 0.1) is 20.3 Å². The first-order valence-corrected chi connectivity index (χ1v) is 7.71. The van der Waals surface area contributed by atoms with Gasteiger partial charge in [0.25, 0.3) is 5.91 Å². The highest BCUT2D eigenvalue weighted by Gasteiger charge is 2.12. The van der Waals surface area contributed by atoms with E-state index >= 15 is 0 Å². The highest BCUT2D eigenvalue weighted by atomic mass is 16.5. The molecule has 0 aromatic heterocycles. The predicted molar refractivity (Wildman–Crippen MR) is 88.5 cm³/mol. The first kappa shape index (κ1) is 17.8. The van der Waals surface area contributed by atoms with E-state index in [-0.39, 0.29) is 17.1 Å². The Morgan fingerprint density at radius 2 is 2.25 bits per heavy atom. The third-order valence-corrected chi connectivity index (χ3v) is 3.70. The Bertz CT molecular complexity index is 646. The normalized spacial score (nSPS) is 15.6. The van der Waals surface area contributed by atoms with Crippen molar-refractivity contribution in [2.75, 3.05) is 46.5 Å². The molecule has 1 aliphatic rings. The van der Waals surface area contributed by atoms with Crippen LogP contribution in [0.1, 0.15) is 5.56 Å². The third kappa shape index (κ3) is 4.98. The van der Waals surface area contributed by atoms with Crippen molar-refractivity contribution in [1.82, 2.24) is 10.2 Å². The molecular weight excluding hydrogens is 310 g/mol. The van der Waals surface area contributed by atoms with Gasteiger partial charge in [-0.2, -0.15) is 5.26 Å². The van der Waals surface area contributed by atoms with E-state index in [2.05, 4.69) is 10.2 Å². The van der Waals surface area contributed by atoms with Crippen molar-refractivity contribution in [3.8, 4) is 17.6 Å². The number of phenolic OH excluding ortho intramolecular Hbond substituents is 1. The molecule has 1 amide bonds. The van der Waals surface area contributed by atoms with Crippen LogP contribution in [0.25, 0.3) is 6.08 Å². The maximum atomic E-state index is 12.1. The van der Waals surface area contributed by atoms with Gasteiger partial charge >= 0.3 is 0 Å². The summed E-state index contributed by atoms with van der Waals surface area (Å²) in [6.45, 7) is 4.31. The van der Waals surface area contributed by atoms with Gasteiger partial charge in [-0.3, -0.25) is 9.69 Å². The molecule has 0 aliphatic carbocycles. The van der Waals surface area contributed by atoms with Crippen LogP contribution in [0.2, 0.25) is 0 Å². The van der Waals surface area contributed by atoms with Crippen molar-refractivity contribution in [3.05, 3.63) is 29.3 Å². The SMILES string of the molecule is COc1cc(/C=C(\C#N)C(=O)NCCN2CCOCC2)ccc1O. The molecule has 1 aromatic rings. The number of carbonyl (C=O) groups is 1. The Morgan fingerprint density at radius 1 is 1.50 bits per heavy atom. The van der Waals surface area contributed by atoms with E-state index in [4.69, 9.17) is 9.47 Å². The van der Waals surface area contributed by atoms with Crippen molar-refractivity contribution in [2.45, 2.75) is 0 Å². The monoisotopic (exact) mass is 331 g/mol. The summed E-state index contributed by atoms with van der Waals surface area (Å²) in [4.78, 5) is 14.3. The van der Waals surface area contributed by atoms with Crippen LogP contribution >= 0.6 is 0 Å². The van der Waals surface area contributed by atoms with Crippen LogP contribution < -0.4 is 10.1 Å². The second-order valence-electron chi connectivity index (χ2n) is 5.31. The predicted octanol–water partition coefficient (Wildman–Crippen LogP) is 0.756. The molecule has 0 radical (unpaired) electrons. The van der Waals surface area contributed by atoms with E-state index in [9.17, 15) is 15.2 Å². The smallest absolute Gasteiger partial charge is 0.261 e. The zero-order valence-electron chi connectivity index (χ0n) is 13.6. The third-order valence-electron chi connectivity index (χ3n) is 3.70. The first-order valence-electron chi connectivity index (χ1n) is 7.71. The van der Waals surface area contributed by atoms with E-state index in [1.807, 2.05) is 6.07 Å². The number of hydrogen-bond donors (Lipinski definition) is 2. The zero-order chi connectivity index (χ0) is 17.4. The minimum absolute atomic E-state index is 0.00289. The molecule has 1 heterocycles. The molecule has 1 fully saturated rings. The Morgan fingerprint density at radius 3 is 2.92 bits per heavy atom. The maximum Gasteiger partial charge on any atom is 0.261 e. The number of amides is 1. The molecule has 0 spiro atoms. The van der Waals surface area contributed by atoms with Crippen molar-refractivity contribution in [2.24, 2.45) is 0 Å². The highest BCUT2D eigenvalue weighted by Crippen LogP contribution is 2.27. The number of nitrogens with one attached hydrogen (secondary N) is 1. The largest absolute Gasteiger partial charge is 0.504 e. The average Bonchev–Trinajstić information content (AvgIpc) is 2.61. The van der Waals surface area contributed by atoms with Crippen molar-refractivity contribution in [3.63, 3.8) is 0 Å². The first-order chi connectivity index (χ1) is 11.6.